The van der Waals surface area contributed by atoms with Gasteiger partial charge in [0.05, 0.1) is 24.3 Å². The SMILES string of the molecule is CCNc1nnc(-c2ccc(C3=CCN(C(=O)CN4CCC(C(=O)N(CC)c5ccc(N)c(C(=N)c6ccc(OC(C)C)nc6)c5)C4)CC3)cc2)o1. The predicted octanol–water partition coefficient (Wildman–Crippen LogP) is 5.34. The molecule has 4 N–H and O–H groups in total. The summed E-state index contributed by atoms with van der Waals surface area (Å²) in [4.78, 5) is 37.2. The Bertz CT molecular complexity index is 1920. The summed E-state index contributed by atoms with van der Waals surface area (Å²) >= 11 is 0. The highest BCUT2D eigenvalue weighted by Gasteiger charge is 2.33. The van der Waals surface area contributed by atoms with Crippen LogP contribution in [0.15, 0.2) is 71.3 Å². The molecular formula is C39H47N9O4. The lowest BCUT2D eigenvalue weighted by Gasteiger charge is -2.29. The molecule has 2 aromatic heterocycles. The normalized spacial score (nSPS) is 16.1. The van der Waals surface area contributed by atoms with Crippen LogP contribution in [0.4, 0.5) is 17.4 Å². The fraction of sp³-hybridized carbons (Fsp3) is 0.385. The summed E-state index contributed by atoms with van der Waals surface area (Å²) in [6.45, 7) is 11.6. The Morgan fingerprint density at radius 3 is 2.54 bits per heavy atom. The minimum absolute atomic E-state index is 0.00456. The molecular weight excluding hydrogens is 658 g/mol. The molecule has 52 heavy (non-hydrogen) atoms. The molecule has 4 heterocycles. The molecule has 2 aromatic carbocycles. The van der Waals surface area contributed by atoms with Gasteiger partial charge in [0.25, 0.3) is 0 Å². The van der Waals surface area contributed by atoms with Gasteiger partial charge in [-0.2, -0.15) is 0 Å². The van der Waals surface area contributed by atoms with Crippen molar-refractivity contribution in [2.24, 2.45) is 5.92 Å². The maximum Gasteiger partial charge on any atom is 0.315 e. The van der Waals surface area contributed by atoms with Crippen LogP contribution >= 0.6 is 0 Å². The van der Waals surface area contributed by atoms with E-state index in [2.05, 4.69) is 31.5 Å². The highest BCUT2D eigenvalue weighted by molar-refractivity contribution is 6.14. The van der Waals surface area contributed by atoms with E-state index in [4.69, 9.17) is 20.3 Å². The van der Waals surface area contributed by atoms with E-state index in [9.17, 15) is 9.59 Å². The smallest absolute Gasteiger partial charge is 0.315 e. The van der Waals surface area contributed by atoms with Gasteiger partial charge in [0, 0.05) is 73.1 Å². The standard InChI is InChI=1S/C39H47N9O4/c1-5-42-39-45-44-37(52-39)28-9-7-26(8-10-28)27-16-19-47(20-17-27)35(49)24-46-18-15-30(23-46)38(50)48(6-2)31-12-13-33(40)32(21-31)36(41)29-11-14-34(43-22-29)51-25(3)4/h7-14,16,21-22,25,30,41H,5-6,15,17-20,23-24,40H2,1-4H3,(H,42,45). The number of nitrogens with two attached hydrogens (primary N) is 1. The number of rotatable bonds is 13. The first kappa shape index (κ1) is 36.2. The summed E-state index contributed by atoms with van der Waals surface area (Å²) in [6.07, 6.45) is 5.15. The van der Waals surface area contributed by atoms with Crippen molar-refractivity contribution in [1.29, 1.82) is 5.41 Å². The lowest BCUT2D eigenvalue weighted by Crippen LogP contribution is -2.42. The first-order chi connectivity index (χ1) is 25.1. The number of benzene rings is 2. The molecule has 13 nitrogen and oxygen atoms in total. The van der Waals surface area contributed by atoms with E-state index < -0.39 is 0 Å². The third-order valence-corrected chi connectivity index (χ3v) is 9.38. The Morgan fingerprint density at radius 2 is 1.87 bits per heavy atom. The highest BCUT2D eigenvalue weighted by atomic mass is 16.5. The molecule has 0 spiro atoms. The summed E-state index contributed by atoms with van der Waals surface area (Å²) in [6, 6.07) is 17.3. The number of ether oxygens (including phenoxy) is 1. The van der Waals surface area contributed by atoms with Crippen LogP contribution in [0.1, 0.15) is 57.2 Å². The molecule has 2 amide bonds. The molecule has 2 aliphatic rings. The van der Waals surface area contributed by atoms with Crippen molar-refractivity contribution in [3.05, 3.63) is 83.6 Å². The number of carbonyl (C=O) groups is 2. The third-order valence-electron chi connectivity index (χ3n) is 9.38. The summed E-state index contributed by atoms with van der Waals surface area (Å²) in [5, 5.41) is 20.0. The Morgan fingerprint density at radius 1 is 1.08 bits per heavy atom. The van der Waals surface area contributed by atoms with Gasteiger partial charge in [-0.15, -0.1) is 5.10 Å². The highest BCUT2D eigenvalue weighted by Crippen LogP contribution is 2.29. The number of nitrogens with zero attached hydrogens (tertiary/aromatic N) is 6. The van der Waals surface area contributed by atoms with Gasteiger partial charge in [-0.25, -0.2) is 4.98 Å². The lowest BCUT2D eigenvalue weighted by molar-refractivity contribution is -0.132. The van der Waals surface area contributed by atoms with E-state index in [1.165, 1.54) is 5.57 Å². The first-order valence-electron chi connectivity index (χ1n) is 17.9. The molecule has 0 aliphatic carbocycles. The molecule has 1 saturated heterocycles. The number of nitrogen functional groups attached to an aromatic ring is 1. The largest absolute Gasteiger partial charge is 0.475 e. The van der Waals surface area contributed by atoms with E-state index in [-0.39, 0.29) is 36.1 Å². The molecule has 4 aromatic rings. The maximum absolute atomic E-state index is 13.8. The molecule has 0 saturated carbocycles. The van der Waals surface area contributed by atoms with Crippen molar-refractivity contribution in [3.8, 4) is 17.3 Å². The molecule has 1 fully saturated rings. The minimum atomic E-state index is -0.233. The molecule has 0 bridgehead atoms. The molecule has 1 atom stereocenters. The van der Waals surface area contributed by atoms with Crippen molar-refractivity contribution in [2.75, 3.05) is 61.8 Å². The minimum Gasteiger partial charge on any atom is -0.475 e. The fourth-order valence-corrected chi connectivity index (χ4v) is 6.63. The second kappa shape index (κ2) is 16.2. The second-order valence-electron chi connectivity index (χ2n) is 13.3. The number of hydrogen-bond donors (Lipinski definition) is 3. The molecule has 0 radical (unpaired) electrons. The van der Waals surface area contributed by atoms with Gasteiger partial charge in [0.2, 0.25) is 23.6 Å². The van der Waals surface area contributed by atoms with E-state index in [0.29, 0.717) is 86.0 Å². The van der Waals surface area contributed by atoms with E-state index in [1.807, 2.05) is 62.9 Å². The lowest BCUT2D eigenvalue weighted by atomic mass is 9.98. The Labute approximate surface area is 304 Å². The van der Waals surface area contributed by atoms with Crippen LogP contribution in [-0.2, 0) is 9.59 Å². The van der Waals surface area contributed by atoms with Gasteiger partial charge in [-0.3, -0.25) is 19.9 Å². The monoisotopic (exact) mass is 705 g/mol. The zero-order valence-electron chi connectivity index (χ0n) is 30.3. The number of carbonyl (C=O) groups excluding carboxylic acids is 2. The Kier molecular flexibility index (Phi) is 11.3. The number of amides is 2. The van der Waals surface area contributed by atoms with Crippen molar-refractivity contribution >= 4 is 40.5 Å². The van der Waals surface area contributed by atoms with Gasteiger partial charge >= 0.3 is 6.01 Å². The van der Waals surface area contributed by atoms with Crippen LogP contribution in [0.3, 0.4) is 0 Å². The van der Waals surface area contributed by atoms with Crippen LogP contribution in [0.2, 0.25) is 0 Å². The molecule has 13 heteroatoms. The van der Waals surface area contributed by atoms with Crippen LogP contribution in [0.5, 0.6) is 5.88 Å². The molecule has 272 valence electrons. The average Bonchev–Trinajstić information content (AvgIpc) is 3.83. The fourth-order valence-electron chi connectivity index (χ4n) is 6.63. The number of anilines is 3. The van der Waals surface area contributed by atoms with Gasteiger partial charge in [0.15, 0.2) is 0 Å². The summed E-state index contributed by atoms with van der Waals surface area (Å²) in [7, 11) is 0. The third kappa shape index (κ3) is 8.31. The number of likely N-dealkylation sites (tertiary alicyclic amines) is 1. The van der Waals surface area contributed by atoms with Crippen molar-refractivity contribution in [2.45, 2.75) is 46.6 Å². The van der Waals surface area contributed by atoms with Crippen LogP contribution in [-0.4, -0.2) is 94.4 Å². The van der Waals surface area contributed by atoms with E-state index in [1.54, 1.807) is 35.4 Å². The summed E-state index contributed by atoms with van der Waals surface area (Å²) < 4.78 is 11.3. The zero-order chi connectivity index (χ0) is 36.8. The van der Waals surface area contributed by atoms with Crippen LogP contribution in [0, 0.1) is 11.3 Å². The number of pyridine rings is 1. The van der Waals surface area contributed by atoms with E-state index >= 15 is 0 Å². The first-order valence-corrected chi connectivity index (χ1v) is 17.9. The second-order valence-corrected chi connectivity index (χ2v) is 13.3. The van der Waals surface area contributed by atoms with Gasteiger partial charge in [-0.1, -0.05) is 23.3 Å². The number of nitrogens with one attached hydrogen (secondary N) is 2. The zero-order valence-corrected chi connectivity index (χ0v) is 30.3. The quantitative estimate of drug-likeness (QED) is 0.122. The molecule has 2 aliphatic heterocycles. The Hall–Kier alpha value is -5.56. The average molecular weight is 706 g/mol. The van der Waals surface area contributed by atoms with Gasteiger partial charge in [0.1, 0.15) is 0 Å². The summed E-state index contributed by atoms with van der Waals surface area (Å²) in [5.74, 6) is 0.798. The van der Waals surface area contributed by atoms with Crippen LogP contribution < -0.4 is 20.7 Å². The number of hydrogen-bond acceptors (Lipinski definition) is 11. The van der Waals surface area contributed by atoms with Crippen molar-refractivity contribution < 1.29 is 18.7 Å². The number of aromatic nitrogens is 3. The predicted molar refractivity (Wildman–Crippen MR) is 202 cm³/mol. The van der Waals surface area contributed by atoms with Crippen molar-refractivity contribution in [3.63, 3.8) is 0 Å². The van der Waals surface area contributed by atoms with Gasteiger partial charge in [-0.05, 0) is 94.6 Å². The van der Waals surface area contributed by atoms with Crippen molar-refractivity contribution in [1.82, 2.24) is 25.0 Å². The topological polar surface area (TPSA) is 167 Å². The van der Waals surface area contributed by atoms with E-state index in [0.717, 1.165) is 17.5 Å². The Balaban J connectivity index is 1.02. The summed E-state index contributed by atoms with van der Waals surface area (Å²) in [5.41, 5.74) is 11.9. The molecule has 1 unspecified atom stereocenters. The van der Waals surface area contributed by atoms with Gasteiger partial charge < -0.3 is 30.0 Å². The molecule has 6 rings (SSSR count). The maximum atomic E-state index is 13.8. The van der Waals surface area contributed by atoms with Crippen LogP contribution in [0.25, 0.3) is 17.0 Å².